The Balaban J connectivity index is 2.14. The zero-order chi connectivity index (χ0) is 9.68. The van der Waals surface area contributed by atoms with E-state index in [2.05, 4.69) is 31.1 Å². The van der Waals surface area contributed by atoms with Crippen molar-refractivity contribution >= 4 is 0 Å². The maximum atomic E-state index is 5.10. The predicted octanol–water partition coefficient (Wildman–Crippen LogP) is 2.06. The van der Waals surface area contributed by atoms with Crippen LogP contribution < -0.4 is 5.32 Å². The lowest BCUT2D eigenvalue weighted by Gasteiger charge is -2.15. The van der Waals surface area contributed by atoms with Gasteiger partial charge >= 0.3 is 0 Å². The smallest absolute Gasteiger partial charge is 0.180 e. The van der Waals surface area contributed by atoms with Crippen LogP contribution in [-0.4, -0.2) is 11.5 Å². The molecule has 1 rings (SSSR count). The topological polar surface area (TPSA) is 38.1 Å². The molecule has 0 spiro atoms. The molecule has 0 amide bonds. The van der Waals surface area contributed by atoms with Crippen molar-refractivity contribution in [3.8, 4) is 0 Å². The van der Waals surface area contributed by atoms with Gasteiger partial charge in [0.25, 0.3) is 0 Å². The third-order valence-corrected chi connectivity index (χ3v) is 2.39. The molecule has 3 heteroatoms. The van der Waals surface area contributed by atoms with E-state index in [9.17, 15) is 0 Å². The summed E-state index contributed by atoms with van der Waals surface area (Å²) in [5.41, 5.74) is 0. The lowest BCUT2D eigenvalue weighted by Crippen LogP contribution is -2.23. The molecule has 74 valence electrons. The minimum Gasteiger partial charge on any atom is -0.447 e. The second kappa shape index (κ2) is 5.02. The Bertz CT molecular complexity index is 219. The van der Waals surface area contributed by atoms with Crippen LogP contribution in [0.2, 0.25) is 0 Å². The van der Waals surface area contributed by atoms with E-state index < -0.39 is 0 Å². The van der Waals surface area contributed by atoms with E-state index in [0.717, 1.165) is 24.8 Å². The van der Waals surface area contributed by atoms with Crippen molar-refractivity contribution in [2.45, 2.75) is 27.3 Å². The molecular formula is C10H18N2O. The van der Waals surface area contributed by atoms with Crippen LogP contribution >= 0.6 is 0 Å². The van der Waals surface area contributed by atoms with Crippen LogP contribution in [0.4, 0.5) is 0 Å². The van der Waals surface area contributed by atoms with Crippen molar-refractivity contribution in [3.05, 3.63) is 18.4 Å². The van der Waals surface area contributed by atoms with Crippen LogP contribution in [0, 0.1) is 11.8 Å². The van der Waals surface area contributed by atoms with E-state index in [0.29, 0.717) is 5.92 Å². The third-order valence-electron chi connectivity index (χ3n) is 2.39. The highest BCUT2D eigenvalue weighted by atomic mass is 16.3. The molecule has 0 saturated heterocycles. The zero-order valence-electron chi connectivity index (χ0n) is 8.58. The highest BCUT2D eigenvalue weighted by Gasteiger charge is 2.06. The summed E-state index contributed by atoms with van der Waals surface area (Å²) in [5.74, 6) is 2.32. The molecule has 1 aromatic heterocycles. The van der Waals surface area contributed by atoms with Gasteiger partial charge in [0.05, 0.1) is 12.7 Å². The van der Waals surface area contributed by atoms with Crippen molar-refractivity contribution in [1.82, 2.24) is 10.3 Å². The Morgan fingerprint density at radius 1 is 1.46 bits per heavy atom. The Kier molecular flexibility index (Phi) is 3.96. The summed E-state index contributed by atoms with van der Waals surface area (Å²) < 4.78 is 5.10. The summed E-state index contributed by atoms with van der Waals surface area (Å²) >= 11 is 0. The van der Waals surface area contributed by atoms with Gasteiger partial charge in [-0.1, -0.05) is 20.8 Å². The van der Waals surface area contributed by atoms with Crippen molar-refractivity contribution in [2.24, 2.45) is 11.8 Å². The maximum Gasteiger partial charge on any atom is 0.180 e. The standard InChI is InChI=1S/C10H18N2O/c1-8(2)9(3)4-11-5-10-6-12-7-13-10/h6-9,11H,4-5H2,1-3H3. The van der Waals surface area contributed by atoms with Gasteiger partial charge in [-0.25, -0.2) is 4.98 Å². The second-order valence-corrected chi connectivity index (χ2v) is 3.82. The molecule has 0 saturated carbocycles. The minimum absolute atomic E-state index is 0.697. The third kappa shape index (κ3) is 3.59. The van der Waals surface area contributed by atoms with Crippen LogP contribution in [0.15, 0.2) is 17.0 Å². The quantitative estimate of drug-likeness (QED) is 0.757. The number of oxazole rings is 1. The average Bonchev–Trinajstić information content (AvgIpc) is 2.56. The van der Waals surface area contributed by atoms with Gasteiger partial charge in [0.2, 0.25) is 0 Å². The number of rotatable bonds is 5. The van der Waals surface area contributed by atoms with Crippen LogP contribution in [0.3, 0.4) is 0 Å². The number of nitrogens with one attached hydrogen (secondary N) is 1. The first kappa shape index (κ1) is 10.3. The lowest BCUT2D eigenvalue weighted by molar-refractivity contribution is 0.380. The molecule has 0 aromatic carbocycles. The van der Waals surface area contributed by atoms with Crippen molar-refractivity contribution in [2.75, 3.05) is 6.54 Å². The molecule has 1 atom stereocenters. The normalized spacial score (nSPS) is 13.5. The Labute approximate surface area is 79.5 Å². The number of hydrogen-bond acceptors (Lipinski definition) is 3. The van der Waals surface area contributed by atoms with E-state index in [-0.39, 0.29) is 0 Å². The average molecular weight is 182 g/mol. The summed E-state index contributed by atoms with van der Waals surface area (Å²) in [6.45, 7) is 8.52. The maximum absolute atomic E-state index is 5.10. The van der Waals surface area contributed by atoms with Gasteiger partial charge in [-0.3, -0.25) is 0 Å². The number of nitrogens with zero attached hydrogens (tertiary/aromatic N) is 1. The van der Waals surface area contributed by atoms with Gasteiger partial charge in [0.15, 0.2) is 6.39 Å². The first-order valence-electron chi connectivity index (χ1n) is 4.78. The molecule has 0 bridgehead atoms. The van der Waals surface area contributed by atoms with Gasteiger partial charge in [-0.15, -0.1) is 0 Å². The monoisotopic (exact) mass is 182 g/mol. The van der Waals surface area contributed by atoms with E-state index in [4.69, 9.17) is 4.42 Å². The van der Waals surface area contributed by atoms with Crippen molar-refractivity contribution in [1.29, 1.82) is 0 Å². The first-order valence-corrected chi connectivity index (χ1v) is 4.78. The van der Waals surface area contributed by atoms with Crippen LogP contribution in [0.1, 0.15) is 26.5 Å². The van der Waals surface area contributed by atoms with E-state index >= 15 is 0 Å². The summed E-state index contributed by atoms with van der Waals surface area (Å²) in [7, 11) is 0. The van der Waals surface area contributed by atoms with Crippen LogP contribution in [0.25, 0.3) is 0 Å². The lowest BCUT2D eigenvalue weighted by atomic mass is 9.98. The van der Waals surface area contributed by atoms with Gasteiger partial charge in [-0.05, 0) is 18.4 Å². The second-order valence-electron chi connectivity index (χ2n) is 3.82. The highest BCUT2D eigenvalue weighted by molar-refractivity contribution is 4.87. The zero-order valence-corrected chi connectivity index (χ0v) is 8.58. The summed E-state index contributed by atoms with van der Waals surface area (Å²) in [5, 5.41) is 3.34. The summed E-state index contributed by atoms with van der Waals surface area (Å²) in [6.07, 6.45) is 3.20. The van der Waals surface area contributed by atoms with Crippen molar-refractivity contribution < 1.29 is 4.42 Å². The molecule has 0 aliphatic rings. The molecule has 13 heavy (non-hydrogen) atoms. The van der Waals surface area contributed by atoms with E-state index in [1.807, 2.05) is 0 Å². The fourth-order valence-electron chi connectivity index (χ4n) is 0.988. The molecule has 0 radical (unpaired) electrons. The molecule has 1 unspecified atom stereocenters. The van der Waals surface area contributed by atoms with Crippen LogP contribution in [-0.2, 0) is 6.54 Å². The van der Waals surface area contributed by atoms with Crippen molar-refractivity contribution in [3.63, 3.8) is 0 Å². The Morgan fingerprint density at radius 2 is 2.23 bits per heavy atom. The summed E-state index contributed by atoms with van der Waals surface area (Å²) in [4.78, 5) is 3.85. The SMILES string of the molecule is CC(C)C(C)CNCc1cnco1. The van der Waals surface area contributed by atoms with Crippen LogP contribution in [0.5, 0.6) is 0 Å². The molecule has 1 aromatic rings. The number of aromatic nitrogens is 1. The first-order chi connectivity index (χ1) is 6.20. The minimum atomic E-state index is 0.697. The fraction of sp³-hybridized carbons (Fsp3) is 0.700. The molecule has 0 aliphatic carbocycles. The number of hydrogen-bond donors (Lipinski definition) is 1. The summed E-state index contributed by atoms with van der Waals surface area (Å²) in [6, 6.07) is 0. The van der Waals surface area contributed by atoms with Gasteiger partial charge in [0.1, 0.15) is 5.76 Å². The fourth-order valence-corrected chi connectivity index (χ4v) is 0.988. The Morgan fingerprint density at radius 3 is 2.77 bits per heavy atom. The Hall–Kier alpha value is -0.830. The highest BCUT2D eigenvalue weighted by Crippen LogP contribution is 2.07. The van der Waals surface area contributed by atoms with E-state index in [1.165, 1.54) is 6.39 Å². The van der Waals surface area contributed by atoms with Gasteiger partial charge in [-0.2, -0.15) is 0 Å². The molecule has 1 N–H and O–H groups in total. The molecule has 1 heterocycles. The van der Waals surface area contributed by atoms with E-state index in [1.54, 1.807) is 6.20 Å². The molecule has 0 fully saturated rings. The molecule has 3 nitrogen and oxygen atoms in total. The predicted molar refractivity (Wildman–Crippen MR) is 52.2 cm³/mol. The molecular weight excluding hydrogens is 164 g/mol. The largest absolute Gasteiger partial charge is 0.447 e. The van der Waals surface area contributed by atoms with Gasteiger partial charge in [0, 0.05) is 0 Å². The molecule has 0 aliphatic heterocycles. The van der Waals surface area contributed by atoms with Gasteiger partial charge < -0.3 is 9.73 Å².